The number of hydrogen-bond donors (Lipinski definition) is 0. The van der Waals surface area contributed by atoms with Gasteiger partial charge in [-0.15, -0.1) is 0 Å². The van der Waals surface area contributed by atoms with Gasteiger partial charge in [0.25, 0.3) is 0 Å². The molecule has 16 heavy (non-hydrogen) atoms. The maximum atomic E-state index is 11.8. The summed E-state index contributed by atoms with van der Waals surface area (Å²) in [5.74, 6) is 0.0910. The molecule has 2 heteroatoms. The maximum Gasteiger partial charge on any atom is 0.164 e. The lowest BCUT2D eigenvalue weighted by Gasteiger charge is -2.02. The molecule has 1 aromatic carbocycles. The zero-order valence-corrected chi connectivity index (χ0v) is 9.70. The molecule has 0 bridgehead atoms. The van der Waals surface area contributed by atoms with Crippen LogP contribution >= 0.6 is 0 Å². The monoisotopic (exact) mass is 215 g/mol. The molecule has 0 aromatic heterocycles. The van der Waals surface area contributed by atoms with Crippen LogP contribution in [-0.4, -0.2) is 5.78 Å². The van der Waals surface area contributed by atoms with Crippen molar-refractivity contribution in [2.75, 3.05) is 0 Å². The van der Waals surface area contributed by atoms with Crippen molar-refractivity contribution < 1.29 is 4.79 Å². The second-order valence-corrected chi connectivity index (χ2v) is 3.89. The van der Waals surface area contributed by atoms with Crippen molar-refractivity contribution in [3.05, 3.63) is 35.4 Å². The topological polar surface area (TPSA) is 40.9 Å². The van der Waals surface area contributed by atoms with Crippen LogP contribution in [0.25, 0.3) is 0 Å². The number of rotatable bonds is 6. The van der Waals surface area contributed by atoms with E-state index in [0.717, 1.165) is 12.8 Å². The van der Waals surface area contributed by atoms with Crippen LogP contribution in [-0.2, 0) is 0 Å². The van der Waals surface area contributed by atoms with Gasteiger partial charge in [0.15, 0.2) is 5.78 Å². The smallest absolute Gasteiger partial charge is 0.164 e. The van der Waals surface area contributed by atoms with E-state index in [1.165, 1.54) is 12.8 Å². The Kier molecular flexibility index (Phi) is 5.28. The van der Waals surface area contributed by atoms with Gasteiger partial charge in [0.1, 0.15) is 0 Å². The van der Waals surface area contributed by atoms with E-state index >= 15 is 0 Å². The Morgan fingerprint density at radius 3 is 2.69 bits per heavy atom. The molecule has 0 N–H and O–H groups in total. The molecule has 1 rings (SSSR count). The Labute approximate surface area is 96.9 Å². The molecule has 0 aliphatic carbocycles. The Balaban J connectivity index is 2.56. The van der Waals surface area contributed by atoms with E-state index in [-0.39, 0.29) is 5.78 Å². The number of ketones is 1. The van der Waals surface area contributed by atoms with Crippen LogP contribution in [0.1, 0.15) is 54.9 Å². The lowest BCUT2D eigenvalue weighted by molar-refractivity contribution is 0.0979. The fraction of sp³-hybridized carbons (Fsp3) is 0.429. The summed E-state index contributed by atoms with van der Waals surface area (Å²) in [5, 5.41) is 8.87. The zero-order valence-electron chi connectivity index (χ0n) is 9.70. The standard InChI is InChI=1S/C14H17NO/c1-2-3-4-5-10-14(16)13-9-7-6-8-12(13)11-15/h6-9H,2-5,10H2,1H3. The molecule has 0 unspecified atom stereocenters. The molecule has 2 nitrogen and oxygen atoms in total. The van der Waals surface area contributed by atoms with Crippen molar-refractivity contribution in [2.45, 2.75) is 39.0 Å². The first-order valence-electron chi connectivity index (χ1n) is 5.82. The van der Waals surface area contributed by atoms with Crippen molar-refractivity contribution in [1.29, 1.82) is 5.26 Å². The quantitative estimate of drug-likeness (QED) is 0.536. The van der Waals surface area contributed by atoms with Gasteiger partial charge in [0.2, 0.25) is 0 Å². The van der Waals surface area contributed by atoms with Gasteiger partial charge in [-0.25, -0.2) is 0 Å². The summed E-state index contributed by atoms with van der Waals surface area (Å²) in [6, 6.07) is 9.08. The molecule has 0 saturated heterocycles. The fourth-order valence-corrected chi connectivity index (χ4v) is 1.67. The minimum absolute atomic E-state index is 0.0910. The number of carbonyl (C=O) groups excluding carboxylic acids is 1. The maximum absolute atomic E-state index is 11.8. The summed E-state index contributed by atoms with van der Waals surface area (Å²) >= 11 is 0. The summed E-state index contributed by atoms with van der Waals surface area (Å²) in [6.07, 6.45) is 4.91. The molecule has 0 radical (unpaired) electrons. The average molecular weight is 215 g/mol. The number of nitriles is 1. The third-order valence-electron chi connectivity index (χ3n) is 2.61. The first-order chi connectivity index (χ1) is 7.79. The number of unbranched alkanes of at least 4 members (excludes halogenated alkanes) is 3. The minimum atomic E-state index is 0.0910. The molecule has 0 spiro atoms. The van der Waals surface area contributed by atoms with Crippen LogP contribution in [0.3, 0.4) is 0 Å². The molecule has 0 fully saturated rings. The van der Waals surface area contributed by atoms with Crippen molar-refractivity contribution in [1.82, 2.24) is 0 Å². The molecule has 0 aliphatic rings. The molecule has 0 amide bonds. The lowest BCUT2D eigenvalue weighted by atomic mass is 10.00. The van der Waals surface area contributed by atoms with Crippen LogP contribution in [0.5, 0.6) is 0 Å². The predicted octanol–water partition coefficient (Wildman–Crippen LogP) is 3.71. The van der Waals surface area contributed by atoms with Gasteiger partial charge in [-0.3, -0.25) is 4.79 Å². The highest BCUT2D eigenvalue weighted by Gasteiger charge is 2.09. The average Bonchev–Trinajstić information content (AvgIpc) is 2.34. The lowest BCUT2D eigenvalue weighted by Crippen LogP contribution is -2.01. The highest BCUT2D eigenvalue weighted by atomic mass is 16.1. The van der Waals surface area contributed by atoms with Gasteiger partial charge in [0, 0.05) is 12.0 Å². The molecular formula is C14H17NO. The van der Waals surface area contributed by atoms with Crippen molar-refractivity contribution in [3.8, 4) is 6.07 Å². The van der Waals surface area contributed by atoms with E-state index in [0.29, 0.717) is 17.5 Å². The summed E-state index contributed by atoms with van der Waals surface area (Å²) in [4.78, 5) is 11.8. The van der Waals surface area contributed by atoms with Crippen LogP contribution in [0.4, 0.5) is 0 Å². The van der Waals surface area contributed by atoms with Gasteiger partial charge < -0.3 is 0 Å². The van der Waals surface area contributed by atoms with Gasteiger partial charge in [-0.2, -0.15) is 5.26 Å². The highest BCUT2D eigenvalue weighted by Crippen LogP contribution is 2.13. The van der Waals surface area contributed by atoms with Crippen molar-refractivity contribution >= 4 is 5.78 Å². The molecule has 0 heterocycles. The summed E-state index contributed by atoms with van der Waals surface area (Å²) < 4.78 is 0. The van der Waals surface area contributed by atoms with Crippen LogP contribution in [0.2, 0.25) is 0 Å². The van der Waals surface area contributed by atoms with Crippen LogP contribution in [0.15, 0.2) is 24.3 Å². The fourth-order valence-electron chi connectivity index (χ4n) is 1.67. The Morgan fingerprint density at radius 2 is 2.00 bits per heavy atom. The van der Waals surface area contributed by atoms with E-state index in [9.17, 15) is 4.79 Å². The molecule has 1 aromatic rings. The van der Waals surface area contributed by atoms with E-state index in [2.05, 4.69) is 13.0 Å². The first-order valence-corrected chi connectivity index (χ1v) is 5.82. The Hall–Kier alpha value is -1.62. The van der Waals surface area contributed by atoms with E-state index in [1.54, 1.807) is 24.3 Å². The van der Waals surface area contributed by atoms with E-state index < -0.39 is 0 Å². The minimum Gasteiger partial charge on any atom is -0.294 e. The first kappa shape index (κ1) is 12.4. The van der Waals surface area contributed by atoms with Crippen LogP contribution in [0, 0.1) is 11.3 Å². The Morgan fingerprint density at radius 1 is 1.25 bits per heavy atom. The van der Waals surface area contributed by atoms with Gasteiger partial charge >= 0.3 is 0 Å². The van der Waals surface area contributed by atoms with Crippen LogP contribution < -0.4 is 0 Å². The van der Waals surface area contributed by atoms with Gasteiger partial charge in [-0.1, -0.05) is 44.4 Å². The summed E-state index contributed by atoms with van der Waals surface area (Å²) in [6.45, 7) is 2.15. The number of carbonyl (C=O) groups is 1. The van der Waals surface area contributed by atoms with Crippen molar-refractivity contribution in [2.24, 2.45) is 0 Å². The number of Topliss-reactive ketones (excluding diaryl/α,β-unsaturated/α-hetero) is 1. The Bertz CT molecular complexity index is 390. The summed E-state index contributed by atoms with van der Waals surface area (Å²) in [7, 11) is 0. The van der Waals surface area contributed by atoms with E-state index in [4.69, 9.17) is 5.26 Å². The second kappa shape index (κ2) is 6.79. The number of benzene rings is 1. The molecule has 0 saturated carbocycles. The summed E-state index contributed by atoms with van der Waals surface area (Å²) in [5.41, 5.74) is 1.06. The molecule has 84 valence electrons. The van der Waals surface area contributed by atoms with Crippen molar-refractivity contribution in [3.63, 3.8) is 0 Å². The number of nitrogens with zero attached hydrogens (tertiary/aromatic N) is 1. The van der Waals surface area contributed by atoms with E-state index in [1.807, 2.05) is 0 Å². The SMILES string of the molecule is CCCCCCC(=O)c1ccccc1C#N. The number of hydrogen-bond acceptors (Lipinski definition) is 2. The van der Waals surface area contributed by atoms with Gasteiger partial charge in [0.05, 0.1) is 11.6 Å². The third kappa shape index (κ3) is 3.51. The molecule has 0 atom stereocenters. The largest absolute Gasteiger partial charge is 0.294 e. The normalized spacial score (nSPS) is 9.75. The second-order valence-electron chi connectivity index (χ2n) is 3.89. The highest BCUT2D eigenvalue weighted by molar-refractivity contribution is 5.98. The third-order valence-corrected chi connectivity index (χ3v) is 2.61. The predicted molar refractivity (Wildman–Crippen MR) is 64.2 cm³/mol. The molecule has 0 aliphatic heterocycles. The van der Waals surface area contributed by atoms with Gasteiger partial charge in [-0.05, 0) is 12.5 Å². The molecular weight excluding hydrogens is 198 g/mol. The zero-order chi connectivity index (χ0) is 11.8.